The Labute approximate surface area is 276 Å². The second-order valence-electron chi connectivity index (χ2n) is 11.6. The molecule has 0 spiro atoms. The fraction of sp³-hybridized carbons (Fsp3) is 0.923. The molecule has 19 heteroatoms. The van der Waals surface area contributed by atoms with E-state index in [1.54, 1.807) is 6.92 Å². The summed E-state index contributed by atoms with van der Waals surface area (Å²) < 4.78 is 58.6. The Kier molecular flexibility index (Phi) is 16.7. The van der Waals surface area contributed by atoms with Crippen molar-refractivity contribution in [1.29, 1.82) is 0 Å². The highest BCUT2D eigenvalue weighted by molar-refractivity contribution is 8.00. The van der Waals surface area contributed by atoms with Crippen molar-refractivity contribution in [3.05, 3.63) is 0 Å². The van der Waals surface area contributed by atoms with Gasteiger partial charge < -0.3 is 29.2 Å². The van der Waals surface area contributed by atoms with Gasteiger partial charge in [-0.2, -0.15) is 23.5 Å². The van der Waals surface area contributed by atoms with Gasteiger partial charge in [-0.1, -0.05) is 6.42 Å². The second kappa shape index (κ2) is 18.9. The number of fused-ring (bicyclic) bond motifs is 3. The first kappa shape index (κ1) is 39.7. The van der Waals surface area contributed by atoms with Gasteiger partial charge >= 0.3 is 15.6 Å². The van der Waals surface area contributed by atoms with E-state index in [0.29, 0.717) is 43.6 Å². The van der Waals surface area contributed by atoms with Crippen LogP contribution in [0.25, 0.3) is 0 Å². The zero-order chi connectivity index (χ0) is 33.2. The lowest BCUT2D eigenvalue weighted by Crippen LogP contribution is -2.37. The van der Waals surface area contributed by atoms with Gasteiger partial charge in [0.05, 0.1) is 37.0 Å². The fourth-order valence-corrected chi connectivity index (χ4v) is 10.4. The highest BCUT2D eigenvalue weighted by atomic mass is 32.2. The van der Waals surface area contributed by atoms with Crippen molar-refractivity contribution in [2.24, 2.45) is 5.92 Å². The molecule has 0 amide bonds. The van der Waals surface area contributed by atoms with Gasteiger partial charge in [0.15, 0.2) is 0 Å². The number of thioether (sulfide) groups is 2. The summed E-state index contributed by atoms with van der Waals surface area (Å²) in [4.78, 5) is 45.4. The zero-order valence-electron chi connectivity index (χ0n) is 26.0. The summed E-state index contributed by atoms with van der Waals surface area (Å²) in [5.74, 6) is 1.34. The average Bonchev–Trinajstić information content (AvgIpc) is 3.47. The Balaban J connectivity index is 1.87. The van der Waals surface area contributed by atoms with Crippen molar-refractivity contribution in [3.63, 3.8) is 0 Å². The molecule has 3 N–H and O–H groups in total. The largest absolute Gasteiger partial charge is 0.472 e. The van der Waals surface area contributed by atoms with Crippen LogP contribution >= 0.6 is 39.2 Å². The van der Waals surface area contributed by atoms with E-state index in [4.69, 9.17) is 30.8 Å². The third-order valence-electron chi connectivity index (χ3n) is 8.07. The quantitative estimate of drug-likeness (QED) is 0.246. The summed E-state index contributed by atoms with van der Waals surface area (Å²) in [6.45, 7) is 2.33. The molecule has 0 aromatic heterocycles. The lowest BCUT2D eigenvalue weighted by atomic mass is 9.51. The van der Waals surface area contributed by atoms with Crippen LogP contribution in [0.5, 0.6) is 0 Å². The van der Waals surface area contributed by atoms with Gasteiger partial charge in [0.1, 0.15) is 36.0 Å². The number of carbonyl (C=O) groups excluding carboxylic acids is 2. The van der Waals surface area contributed by atoms with Crippen LogP contribution in [0.15, 0.2) is 0 Å². The van der Waals surface area contributed by atoms with Crippen molar-refractivity contribution in [2.45, 2.75) is 112 Å². The molecule has 3 fully saturated rings. The molecule has 255 valence electrons. The fourth-order valence-electron chi connectivity index (χ4n) is 5.60. The predicted molar refractivity (Wildman–Crippen MR) is 173 cm³/mol. The van der Waals surface area contributed by atoms with Gasteiger partial charge in [0, 0.05) is 40.1 Å². The number of phosphoric acid groups is 2. The molecular weight excluding hydrogens is 668 g/mol. The minimum Gasteiger partial charge on any atom is -0.394 e. The molecular formula is C26H45B2O13P2S2. The topological polar surface area (TPSA) is 184 Å². The van der Waals surface area contributed by atoms with Crippen molar-refractivity contribution < 1.29 is 61.2 Å². The molecule has 3 aliphatic heterocycles. The molecule has 3 radical (unpaired) electrons. The number of phosphoric ester groups is 2. The maximum atomic E-state index is 13.2. The number of rotatable bonds is 8. The molecule has 0 saturated carbocycles. The molecule has 13 nitrogen and oxygen atoms in total. The Morgan fingerprint density at radius 1 is 1.20 bits per heavy atom. The van der Waals surface area contributed by atoms with E-state index in [1.807, 2.05) is 0 Å². The van der Waals surface area contributed by atoms with Crippen LogP contribution in [0.3, 0.4) is 0 Å². The van der Waals surface area contributed by atoms with E-state index in [-0.39, 0.29) is 28.8 Å². The van der Waals surface area contributed by atoms with Crippen molar-refractivity contribution in [3.8, 4) is 0 Å². The molecule has 2 bridgehead atoms. The second-order valence-corrected chi connectivity index (χ2v) is 17.0. The van der Waals surface area contributed by atoms with Crippen LogP contribution in [0.1, 0.15) is 65.2 Å². The predicted octanol–water partition coefficient (Wildman–Crippen LogP) is 3.03. The first-order valence-corrected chi connectivity index (χ1v) is 20.3. The number of ketones is 2. The summed E-state index contributed by atoms with van der Waals surface area (Å²) in [5, 5.41) is 8.85. The van der Waals surface area contributed by atoms with Crippen molar-refractivity contribution in [1.82, 2.24) is 0 Å². The smallest absolute Gasteiger partial charge is 0.394 e. The average molecular weight is 713 g/mol. The number of hydrogen-bond donors (Lipinski definition) is 3. The Morgan fingerprint density at radius 3 is 2.62 bits per heavy atom. The van der Waals surface area contributed by atoms with E-state index in [0.717, 1.165) is 26.4 Å². The number of aliphatic hydroxyl groups excluding tert-OH is 1. The molecule has 3 saturated heterocycles. The van der Waals surface area contributed by atoms with Crippen molar-refractivity contribution >= 4 is 65.6 Å². The zero-order valence-corrected chi connectivity index (χ0v) is 29.4. The van der Waals surface area contributed by atoms with Crippen LogP contribution in [0.4, 0.5) is 0 Å². The van der Waals surface area contributed by atoms with Gasteiger partial charge in [-0.3, -0.25) is 22.9 Å². The summed E-state index contributed by atoms with van der Waals surface area (Å²) >= 11 is 2.85. The summed E-state index contributed by atoms with van der Waals surface area (Å²) in [7, 11) is -1.17. The monoisotopic (exact) mass is 713 g/mol. The Bertz CT molecular complexity index is 1060. The lowest BCUT2D eigenvalue weighted by Gasteiger charge is -2.28. The third-order valence-corrected chi connectivity index (χ3v) is 13.2. The minimum absolute atomic E-state index is 0.0137. The lowest BCUT2D eigenvalue weighted by molar-refractivity contribution is -0.119. The maximum absolute atomic E-state index is 13.2. The Hall–Kier alpha value is 0.270. The highest BCUT2D eigenvalue weighted by Crippen LogP contribution is 2.52. The van der Waals surface area contributed by atoms with Gasteiger partial charge in [0.25, 0.3) is 0 Å². The molecule has 11 atom stereocenters. The van der Waals surface area contributed by atoms with Crippen LogP contribution in [-0.4, -0.2) is 120 Å². The molecule has 45 heavy (non-hydrogen) atoms. The van der Waals surface area contributed by atoms with E-state index < -0.39 is 64.5 Å². The Morgan fingerprint density at radius 2 is 1.96 bits per heavy atom. The van der Waals surface area contributed by atoms with Crippen LogP contribution < -0.4 is 0 Å². The van der Waals surface area contributed by atoms with Gasteiger partial charge in [-0.25, -0.2) is 9.13 Å². The molecule has 0 aromatic rings. The summed E-state index contributed by atoms with van der Waals surface area (Å²) in [6.07, 6.45) is 0.228. The number of Topliss-reactive ketones (excluding diaryl/α,β-unsaturated/α-hetero) is 2. The number of hydrogen-bond acceptors (Lipinski definition) is 13. The van der Waals surface area contributed by atoms with E-state index in [2.05, 4.69) is 4.52 Å². The van der Waals surface area contributed by atoms with E-state index >= 15 is 0 Å². The van der Waals surface area contributed by atoms with Gasteiger partial charge in [-0.05, 0) is 57.0 Å². The molecule has 0 aromatic carbocycles. The number of ether oxygens (including phenoxy) is 2. The minimum atomic E-state index is -4.76. The maximum Gasteiger partial charge on any atom is 0.472 e. The number of aliphatic hydroxyl groups is 1. The SMILES string of the molecule is [B][B][C@@H]1O[C@@H]2COP(=O)(O)OC3[C@@H](CO)O[C@@H](C)[C@H]3SCCCCCC(=O)CCC(CCC(C)=O)CS[C@H]1C2OP(=O)(O)OC. The number of carbonyl (C=O) groups is 2. The van der Waals surface area contributed by atoms with Crippen LogP contribution in [0, 0.1) is 5.92 Å². The third kappa shape index (κ3) is 12.6. The van der Waals surface area contributed by atoms with E-state index in [1.165, 1.54) is 37.6 Å². The van der Waals surface area contributed by atoms with Gasteiger partial charge in [0.2, 0.25) is 0 Å². The first-order valence-electron chi connectivity index (χ1n) is 15.2. The molecule has 5 unspecified atom stereocenters. The van der Waals surface area contributed by atoms with Gasteiger partial charge in [-0.15, -0.1) is 0 Å². The van der Waals surface area contributed by atoms with Crippen LogP contribution in [-0.2, 0) is 46.3 Å². The molecule has 3 aliphatic rings. The first-order chi connectivity index (χ1) is 21.3. The highest BCUT2D eigenvalue weighted by Gasteiger charge is 2.50. The van der Waals surface area contributed by atoms with Crippen molar-refractivity contribution in [2.75, 3.05) is 31.8 Å². The normalized spacial score (nSPS) is 39.3. The standard InChI is InChI=1S/C26H45B2O13P2S2/c1-16(30)8-9-18-10-11-19(31)7-5-4-6-12-44-24-17(2)38-20(13-29)22(24)41-43(34,35)37-14-21-23(40-42(32,33)36-3)25(45-15-18)26(28-27)39-21/h17-18,20-26,29H,4-15H2,1-3H3,(H,32,33)(H,34,35)/t17-,18?,20+,21+,22?,23?,24+,25-,26+/m0/s1. The summed E-state index contributed by atoms with van der Waals surface area (Å²) in [6, 6.07) is -0.805. The van der Waals surface area contributed by atoms with Crippen LogP contribution in [0.2, 0.25) is 0 Å². The van der Waals surface area contributed by atoms with E-state index in [9.17, 15) is 33.6 Å². The molecule has 0 aliphatic carbocycles. The summed E-state index contributed by atoms with van der Waals surface area (Å²) in [5.41, 5.74) is 0. The molecule has 3 heterocycles. The molecule has 3 rings (SSSR count).